The van der Waals surface area contributed by atoms with E-state index in [4.69, 9.17) is 16.2 Å². The summed E-state index contributed by atoms with van der Waals surface area (Å²) in [5.41, 5.74) is 14.5. The van der Waals surface area contributed by atoms with Crippen LogP contribution in [0.25, 0.3) is 0 Å². The van der Waals surface area contributed by atoms with Gasteiger partial charge >= 0.3 is 6.09 Å². The third-order valence-corrected chi connectivity index (χ3v) is 6.01. The van der Waals surface area contributed by atoms with E-state index in [0.29, 0.717) is 6.42 Å². The molecule has 0 aliphatic rings. The summed E-state index contributed by atoms with van der Waals surface area (Å²) in [6.45, 7) is 10.4. The Morgan fingerprint density at radius 1 is 1.05 bits per heavy atom. The number of ether oxygens (including phenoxy) is 1. The second-order valence-electron chi connectivity index (χ2n) is 10.5. The van der Waals surface area contributed by atoms with Gasteiger partial charge in [-0.15, -0.1) is 0 Å². The number of alkyl carbamates (subject to hydrolysis) is 1. The van der Waals surface area contributed by atoms with Gasteiger partial charge in [-0.25, -0.2) is 4.79 Å². The fraction of sp³-hybridized carbons (Fsp3) is 0.464. The number of phenolic OH excluding ortho intramolecular Hbond substituents is 1. The Bertz CT molecular complexity index is 1070. The zero-order valence-electron chi connectivity index (χ0n) is 22.6. The summed E-state index contributed by atoms with van der Waals surface area (Å²) in [6.07, 6.45) is -0.164. The van der Waals surface area contributed by atoms with Crippen LogP contribution >= 0.6 is 0 Å². The summed E-state index contributed by atoms with van der Waals surface area (Å²) < 4.78 is 5.41. The predicted molar refractivity (Wildman–Crippen MR) is 143 cm³/mol. The van der Waals surface area contributed by atoms with Crippen LogP contribution in [-0.2, 0) is 27.2 Å². The van der Waals surface area contributed by atoms with Crippen molar-refractivity contribution in [1.29, 1.82) is 0 Å². The SMILES string of the molecule is Cc1cc(O)cc(C)c1C[C@H](NC(=O)OC(C)(C)C)C(=O)N(C[C@H](N)Cc1ccccc1)[C@H](C)C(N)=O. The fourth-order valence-electron chi connectivity index (χ4n) is 4.17. The molecule has 6 N–H and O–H groups in total. The molecule has 9 heteroatoms. The van der Waals surface area contributed by atoms with Crippen molar-refractivity contribution in [3.63, 3.8) is 0 Å². The van der Waals surface area contributed by atoms with Crippen molar-refractivity contribution in [2.45, 2.75) is 78.1 Å². The first-order valence-corrected chi connectivity index (χ1v) is 12.4. The molecule has 2 aromatic carbocycles. The summed E-state index contributed by atoms with van der Waals surface area (Å²) in [5, 5.41) is 12.6. The summed E-state index contributed by atoms with van der Waals surface area (Å²) in [5.74, 6) is -1.08. The van der Waals surface area contributed by atoms with E-state index < -0.39 is 41.6 Å². The van der Waals surface area contributed by atoms with Crippen molar-refractivity contribution >= 4 is 17.9 Å². The molecule has 0 radical (unpaired) electrons. The van der Waals surface area contributed by atoms with Gasteiger partial charge in [-0.2, -0.15) is 0 Å². The van der Waals surface area contributed by atoms with E-state index in [1.165, 1.54) is 11.8 Å². The third kappa shape index (κ3) is 9.09. The molecule has 0 spiro atoms. The molecular weight excluding hydrogens is 472 g/mol. The Labute approximate surface area is 219 Å². The van der Waals surface area contributed by atoms with Crippen LogP contribution in [-0.4, -0.2) is 58.2 Å². The molecular formula is C28H40N4O5. The molecule has 0 bridgehead atoms. The molecule has 37 heavy (non-hydrogen) atoms. The maximum absolute atomic E-state index is 13.9. The molecule has 0 aromatic heterocycles. The van der Waals surface area contributed by atoms with Gasteiger partial charge in [0.1, 0.15) is 23.4 Å². The van der Waals surface area contributed by atoms with Crippen molar-refractivity contribution in [3.05, 3.63) is 64.7 Å². The number of rotatable bonds is 10. The highest BCUT2D eigenvalue weighted by Crippen LogP contribution is 2.23. The number of hydrogen-bond acceptors (Lipinski definition) is 6. The first-order valence-electron chi connectivity index (χ1n) is 12.4. The Morgan fingerprint density at radius 2 is 1.62 bits per heavy atom. The van der Waals surface area contributed by atoms with Gasteiger partial charge in [-0.05, 0) is 82.3 Å². The number of nitrogens with zero attached hydrogens (tertiary/aromatic N) is 1. The molecule has 0 saturated carbocycles. The zero-order chi connectivity index (χ0) is 27.9. The number of aromatic hydroxyl groups is 1. The lowest BCUT2D eigenvalue weighted by molar-refractivity contribution is -0.140. The quantitative estimate of drug-likeness (QED) is 0.385. The Balaban J connectivity index is 2.40. The highest BCUT2D eigenvalue weighted by Gasteiger charge is 2.34. The average molecular weight is 513 g/mol. The smallest absolute Gasteiger partial charge is 0.408 e. The van der Waals surface area contributed by atoms with E-state index in [-0.39, 0.29) is 18.7 Å². The van der Waals surface area contributed by atoms with E-state index in [0.717, 1.165) is 22.3 Å². The lowest BCUT2D eigenvalue weighted by Crippen LogP contribution is -2.58. The van der Waals surface area contributed by atoms with Crippen LogP contribution in [0.4, 0.5) is 4.79 Å². The molecule has 3 amide bonds. The van der Waals surface area contributed by atoms with Gasteiger partial charge in [0.2, 0.25) is 11.8 Å². The van der Waals surface area contributed by atoms with E-state index >= 15 is 0 Å². The maximum atomic E-state index is 13.9. The lowest BCUT2D eigenvalue weighted by atomic mass is 9.95. The monoisotopic (exact) mass is 512 g/mol. The van der Waals surface area contributed by atoms with Crippen molar-refractivity contribution in [3.8, 4) is 5.75 Å². The van der Waals surface area contributed by atoms with Gasteiger partial charge < -0.3 is 31.5 Å². The summed E-state index contributed by atoms with van der Waals surface area (Å²) in [6, 6.07) is 10.3. The van der Waals surface area contributed by atoms with Crippen LogP contribution in [0.3, 0.4) is 0 Å². The third-order valence-electron chi connectivity index (χ3n) is 6.01. The molecule has 0 aliphatic carbocycles. The van der Waals surface area contributed by atoms with Crippen LogP contribution in [0.2, 0.25) is 0 Å². The topological polar surface area (TPSA) is 148 Å². The summed E-state index contributed by atoms with van der Waals surface area (Å²) >= 11 is 0. The average Bonchev–Trinajstić information content (AvgIpc) is 2.77. The van der Waals surface area contributed by atoms with E-state index in [9.17, 15) is 19.5 Å². The van der Waals surface area contributed by atoms with E-state index in [1.54, 1.807) is 32.9 Å². The van der Waals surface area contributed by atoms with E-state index in [1.807, 2.05) is 44.2 Å². The fourth-order valence-corrected chi connectivity index (χ4v) is 4.17. The number of aryl methyl sites for hydroxylation is 2. The zero-order valence-corrected chi connectivity index (χ0v) is 22.6. The minimum absolute atomic E-state index is 0.0534. The minimum Gasteiger partial charge on any atom is -0.508 e. The second-order valence-corrected chi connectivity index (χ2v) is 10.5. The largest absolute Gasteiger partial charge is 0.508 e. The first-order chi connectivity index (χ1) is 17.2. The molecule has 0 heterocycles. The highest BCUT2D eigenvalue weighted by molar-refractivity contribution is 5.91. The molecule has 0 unspecified atom stereocenters. The number of hydrogen-bond donors (Lipinski definition) is 4. The minimum atomic E-state index is -1.07. The van der Waals surface area contributed by atoms with E-state index in [2.05, 4.69) is 5.32 Å². The van der Waals surface area contributed by atoms with Crippen LogP contribution in [0.5, 0.6) is 5.75 Å². The molecule has 202 valence electrons. The van der Waals surface area contributed by atoms with Crippen LogP contribution in [0, 0.1) is 13.8 Å². The number of nitrogens with two attached hydrogens (primary N) is 2. The highest BCUT2D eigenvalue weighted by atomic mass is 16.6. The predicted octanol–water partition coefficient (Wildman–Crippen LogP) is 2.72. The number of benzene rings is 2. The standard InChI is InChI=1S/C28H40N4O5/c1-17-12-22(33)13-18(2)23(17)15-24(31-27(36)37-28(4,5)6)26(35)32(19(3)25(30)34)16-21(29)14-20-10-8-7-9-11-20/h7-13,19,21,24,33H,14-16,29H2,1-6H3,(H2,30,34)(H,31,36)/t19-,21-,24+/m1/s1. The van der Waals surface area contributed by atoms with Gasteiger partial charge in [-0.1, -0.05) is 30.3 Å². The molecule has 0 saturated heterocycles. The molecule has 0 aliphatic heterocycles. The number of primary amides is 1. The maximum Gasteiger partial charge on any atom is 0.408 e. The normalized spacial score (nSPS) is 13.8. The Hall–Kier alpha value is -3.59. The summed E-state index contributed by atoms with van der Waals surface area (Å²) in [7, 11) is 0. The van der Waals surface area contributed by atoms with Gasteiger partial charge in [0.25, 0.3) is 0 Å². The van der Waals surface area contributed by atoms with Crippen LogP contribution in [0.1, 0.15) is 49.9 Å². The second kappa shape index (κ2) is 12.6. The van der Waals surface area contributed by atoms with Crippen molar-refractivity contribution in [1.82, 2.24) is 10.2 Å². The molecule has 2 rings (SSSR count). The van der Waals surface area contributed by atoms with Crippen LogP contribution < -0.4 is 16.8 Å². The number of carbonyl (C=O) groups is 3. The van der Waals surface area contributed by atoms with Crippen molar-refractivity contribution < 1.29 is 24.2 Å². The number of carbonyl (C=O) groups excluding carboxylic acids is 3. The van der Waals surface area contributed by atoms with Crippen molar-refractivity contribution in [2.24, 2.45) is 11.5 Å². The van der Waals surface area contributed by atoms with Gasteiger partial charge in [-0.3, -0.25) is 9.59 Å². The molecule has 3 atom stereocenters. The Morgan fingerprint density at radius 3 is 2.14 bits per heavy atom. The van der Waals surface area contributed by atoms with Gasteiger partial charge in [0, 0.05) is 19.0 Å². The molecule has 0 fully saturated rings. The lowest BCUT2D eigenvalue weighted by Gasteiger charge is -2.34. The number of amides is 3. The Kier molecular flexibility index (Phi) is 10.1. The number of phenols is 1. The first kappa shape index (κ1) is 29.6. The van der Waals surface area contributed by atoms with Crippen LogP contribution in [0.15, 0.2) is 42.5 Å². The summed E-state index contributed by atoms with van der Waals surface area (Å²) in [4.78, 5) is 40.1. The number of nitrogens with one attached hydrogen (secondary N) is 1. The van der Waals surface area contributed by atoms with Gasteiger partial charge in [0.15, 0.2) is 0 Å². The molecule has 2 aromatic rings. The van der Waals surface area contributed by atoms with Crippen molar-refractivity contribution in [2.75, 3.05) is 6.54 Å². The molecule has 9 nitrogen and oxygen atoms in total. The van der Waals surface area contributed by atoms with Gasteiger partial charge in [0.05, 0.1) is 0 Å².